The maximum atomic E-state index is 2.30. The van der Waals surface area contributed by atoms with E-state index in [9.17, 15) is 0 Å². The summed E-state index contributed by atoms with van der Waals surface area (Å²) in [7, 11) is 0. The highest BCUT2D eigenvalue weighted by Gasteiger charge is 2.00. The van der Waals surface area contributed by atoms with Gasteiger partial charge in [-0.25, -0.2) is 0 Å². The smallest absolute Gasteiger partial charge is 0.0406 e. The lowest BCUT2D eigenvalue weighted by Gasteiger charge is -2.09. The standard InChI is InChI=1S/C17H15/c1-12-10-15-8-9-16(17(15)11-13(12)2)14-6-4-3-5-7-14/h3-11H,1-2H3/q-1. The van der Waals surface area contributed by atoms with Crippen LogP contribution in [0.2, 0.25) is 0 Å². The zero-order chi connectivity index (χ0) is 11.8. The Labute approximate surface area is 102 Å². The molecule has 0 spiro atoms. The molecule has 0 fully saturated rings. The van der Waals surface area contributed by atoms with E-state index in [1.807, 2.05) is 0 Å². The summed E-state index contributed by atoms with van der Waals surface area (Å²) in [6.45, 7) is 4.35. The molecule has 3 rings (SSSR count). The van der Waals surface area contributed by atoms with Crippen LogP contribution in [-0.4, -0.2) is 0 Å². The molecule has 0 N–H and O–H groups in total. The quantitative estimate of drug-likeness (QED) is 0.513. The molecule has 0 bridgehead atoms. The molecule has 0 saturated carbocycles. The van der Waals surface area contributed by atoms with Crippen LogP contribution in [0.15, 0.2) is 54.6 Å². The molecular formula is C17H15-. The Morgan fingerprint density at radius 1 is 0.824 bits per heavy atom. The zero-order valence-electron chi connectivity index (χ0n) is 10.2. The van der Waals surface area contributed by atoms with Gasteiger partial charge in [0, 0.05) is 0 Å². The fourth-order valence-electron chi connectivity index (χ4n) is 2.34. The van der Waals surface area contributed by atoms with Gasteiger partial charge in [-0.1, -0.05) is 51.7 Å². The van der Waals surface area contributed by atoms with E-state index in [-0.39, 0.29) is 0 Å². The predicted molar refractivity (Wildman–Crippen MR) is 74.5 cm³/mol. The Morgan fingerprint density at radius 3 is 2.29 bits per heavy atom. The van der Waals surface area contributed by atoms with Crippen molar-refractivity contribution < 1.29 is 0 Å². The van der Waals surface area contributed by atoms with Crippen molar-refractivity contribution in [1.29, 1.82) is 0 Å². The minimum atomic E-state index is 1.30. The van der Waals surface area contributed by atoms with Crippen LogP contribution in [0.4, 0.5) is 0 Å². The largest absolute Gasteiger partial charge is 0.129 e. The normalized spacial score (nSPS) is 10.9. The number of hydrogen-bond acceptors (Lipinski definition) is 0. The van der Waals surface area contributed by atoms with Gasteiger partial charge in [-0.3, -0.25) is 0 Å². The van der Waals surface area contributed by atoms with Crippen molar-refractivity contribution in [2.24, 2.45) is 0 Å². The van der Waals surface area contributed by atoms with Gasteiger partial charge in [0.2, 0.25) is 0 Å². The van der Waals surface area contributed by atoms with Crippen molar-refractivity contribution in [3.63, 3.8) is 0 Å². The number of aryl methyl sites for hydroxylation is 2. The van der Waals surface area contributed by atoms with Crippen LogP contribution in [0, 0.1) is 13.8 Å². The molecule has 0 aromatic heterocycles. The van der Waals surface area contributed by atoms with Crippen LogP contribution < -0.4 is 0 Å². The van der Waals surface area contributed by atoms with Crippen molar-refractivity contribution in [2.45, 2.75) is 13.8 Å². The molecule has 0 aliphatic carbocycles. The van der Waals surface area contributed by atoms with Crippen LogP contribution in [-0.2, 0) is 0 Å². The van der Waals surface area contributed by atoms with Crippen LogP contribution in [0.1, 0.15) is 11.1 Å². The van der Waals surface area contributed by atoms with Gasteiger partial charge in [0.05, 0.1) is 0 Å². The third-order valence-electron chi connectivity index (χ3n) is 3.47. The highest BCUT2D eigenvalue weighted by molar-refractivity contribution is 5.99. The third kappa shape index (κ3) is 1.66. The highest BCUT2D eigenvalue weighted by Crippen LogP contribution is 2.32. The first kappa shape index (κ1) is 10.2. The Hall–Kier alpha value is -1.95. The van der Waals surface area contributed by atoms with Crippen molar-refractivity contribution in [1.82, 2.24) is 0 Å². The molecule has 0 unspecified atom stereocenters. The predicted octanol–water partition coefficient (Wildman–Crippen LogP) is 4.84. The summed E-state index contributed by atoms with van der Waals surface area (Å²) in [6.07, 6.45) is 0. The van der Waals surface area contributed by atoms with Crippen LogP contribution in [0.25, 0.3) is 21.9 Å². The summed E-state index contributed by atoms with van der Waals surface area (Å²) in [5.41, 5.74) is 5.36. The minimum absolute atomic E-state index is 1.30. The van der Waals surface area contributed by atoms with E-state index in [2.05, 4.69) is 68.4 Å². The highest BCUT2D eigenvalue weighted by atomic mass is 14.1. The number of benzene rings is 2. The van der Waals surface area contributed by atoms with Gasteiger partial charge in [-0.2, -0.15) is 0 Å². The Morgan fingerprint density at radius 2 is 1.53 bits per heavy atom. The summed E-state index contributed by atoms with van der Waals surface area (Å²) < 4.78 is 0. The molecule has 84 valence electrons. The second kappa shape index (κ2) is 3.81. The van der Waals surface area contributed by atoms with Gasteiger partial charge >= 0.3 is 0 Å². The molecule has 0 amide bonds. The van der Waals surface area contributed by atoms with E-state index in [0.717, 1.165) is 0 Å². The van der Waals surface area contributed by atoms with Gasteiger partial charge in [0.25, 0.3) is 0 Å². The van der Waals surface area contributed by atoms with E-state index in [0.29, 0.717) is 0 Å². The molecule has 0 saturated heterocycles. The van der Waals surface area contributed by atoms with E-state index < -0.39 is 0 Å². The van der Waals surface area contributed by atoms with Gasteiger partial charge in [0.15, 0.2) is 0 Å². The maximum Gasteiger partial charge on any atom is -0.0406 e. The van der Waals surface area contributed by atoms with Gasteiger partial charge in [-0.05, 0) is 13.8 Å². The molecule has 17 heavy (non-hydrogen) atoms. The summed E-state index contributed by atoms with van der Waals surface area (Å²) in [5, 5.41) is 2.70. The molecule has 0 aliphatic heterocycles. The Bertz CT molecular complexity index is 657. The lowest BCUT2D eigenvalue weighted by molar-refractivity contribution is 1.37. The topological polar surface area (TPSA) is 0 Å². The maximum absolute atomic E-state index is 2.30. The molecular weight excluding hydrogens is 204 g/mol. The molecule has 3 aromatic carbocycles. The van der Waals surface area contributed by atoms with Crippen LogP contribution >= 0.6 is 0 Å². The molecule has 0 nitrogen and oxygen atoms in total. The lowest BCUT2D eigenvalue weighted by atomic mass is 10.0. The van der Waals surface area contributed by atoms with E-state index in [4.69, 9.17) is 0 Å². The molecule has 3 aromatic rings. The minimum Gasteiger partial charge on any atom is -0.129 e. The van der Waals surface area contributed by atoms with Crippen molar-refractivity contribution in [3.05, 3.63) is 65.7 Å². The summed E-state index contributed by atoms with van der Waals surface area (Å²) in [4.78, 5) is 0. The van der Waals surface area contributed by atoms with E-state index >= 15 is 0 Å². The fourth-order valence-corrected chi connectivity index (χ4v) is 2.34. The van der Waals surface area contributed by atoms with Crippen molar-refractivity contribution in [2.75, 3.05) is 0 Å². The van der Waals surface area contributed by atoms with Gasteiger partial charge in [0.1, 0.15) is 0 Å². The molecule has 0 radical (unpaired) electrons. The Kier molecular flexibility index (Phi) is 2.29. The van der Waals surface area contributed by atoms with E-state index in [1.54, 1.807) is 0 Å². The van der Waals surface area contributed by atoms with Gasteiger partial charge in [-0.15, -0.1) is 35.9 Å². The Balaban J connectivity index is 2.29. The molecule has 0 atom stereocenters. The first-order valence-corrected chi connectivity index (χ1v) is 5.98. The number of rotatable bonds is 1. The van der Waals surface area contributed by atoms with Crippen molar-refractivity contribution >= 4 is 10.8 Å². The lowest BCUT2D eigenvalue weighted by Crippen LogP contribution is -1.80. The average molecular weight is 219 g/mol. The van der Waals surface area contributed by atoms with Crippen molar-refractivity contribution in [3.8, 4) is 11.1 Å². The van der Waals surface area contributed by atoms with Crippen LogP contribution in [0.3, 0.4) is 0 Å². The van der Waals surface area contributed by atoms with Gasteiger partial charge < -0.3 is 0 Å². The third-order valence-corrected chi connectivity index (χ3v) is 3.47. The molecule has 0 aliphatic rings. The van der Waals surface area contributed by atoms with Crippen LogP contribution in [0.5, 0.6) is 0 Å². The summed E-state index contributed by atoms with van der Waals surface area (Å²) in [6, 6.07) is 19.6. The fraction of sp³-hybridized carbons (Fsp3) is 0.118. The first-order valence-electron chi connectivity index (χ1n) is 5.98. The summed E-state index contributed by atoms with van der Waals surface area (Å²) >= 11 is 0. The summed E-state index contributed by atoms with van der Waals surface area (Å²) in [5.74, 6) is 0. The second-order valence-corrected chi connectivity index (χ2v) is 4.64. The zero-order valence-corrected chi connectivity index (χ0v) is 10.2. The monoisotopic (exact) mass is 219 g/mol. The number of hydrogen-bond donors (Lipinski definition) is 0. The second-order valence-electron chi connectivity index (χ2n) is 4.64. The number of fused-ring (bicyclic) bond motifs is 1. The average Bonchev–Trinajstić information content (AvgIpc) is 2.74. The first-order chi connectivity index (χ1) is 8.25. The molecule has 0 heterocycles. The molecule has 0 heteroatoms. The SMILES string of the molecule is Cc1cc2cc[c-](-c3ccccc3)c2cc1C. The van der Waals surface area contributed by atoms with E-state index in [1.165, 1.54) is 33.0 Å².